The van der Waals surface area contributed by atoms with Crippen molar-refractivity contribution in [3.05, 3.63) is 85.1 Å². The van der Waals surface area contributed by atoms with Crippen LogP contribution in [0.25, 0.3) is 0 Å². The second-order valence-electron chi connectivity index (χ2n) is 17.8. The molecule has 1 atom stereocenters. The molecule has 0 bridgehead atoms. The zero-order valence-corrected chi connectivity index (χ0v) is 42.5. The fraction of sp³-hybridized carbons (Fsp3) is 0.712. The Morgan fingerprint density at radius 2 is 0.646 bits per heavy atom. The van der Waals surface area contributed by atoms with Crippen molar-refractivity contribution in [2.24, 2.45) is 0 Å². The van der Waals surface area contributed by atoms with Gasteiger partial charge in [-0.05, 0) is 77.0 Å². The molecular formula is C59H100O6. The van der Waals surface area contributed by atoms with Crippen molar-refractivity contribution >= 4 is 17.9 Å². The molecule has 372 valence electrons. The quantitative estimate of drug-likeness (QED) is 0.0262. The molecule has 0 aliphatic carbocycles. The minimum Gasteiger partial charge on any atom is -0.462 e. The van der Waals surface area contributed by atoms with Gasteiger partial charge in [0.05, 0.1) is 6.42 Å². The zero-order chi connectivity index (χ0) is 47.2. The first-order valence-corrected chi connectivity index (χ1v) is 27.1. The molecular weight excluding hydrogens is 805 g/mol. The number of ether oxygens (including phenoxy) is 3. The highest BCUT2D eigenvalue weighted by molar-refractivity contribution is 5.72. The Morgan fingerprint density at radius 1 is 0.338 bits per heavy atom. The fourth-order valence-corrected chi connectivity index (χ4v) is 7.37. The summed E-state index contributed by atoms with van der Waals surface area (Å²) in [4.78, 5) is 37.8. The Kier molecular flexibility index (Phi) is 50.4. The maximum absolute atomic E-state index is 12.7. The summed E-state index contributed by atoms with van der Waals surface area (Å²) in [7, 11) is 0. The molecule has 0 aliphatic rings. The first-order valence-electron chi connectivity index (χ1n) is 27.1. The van der Waals surface area contributed by atoms with Gasteiger partial charge in [-0.1, -0.05) is 241 Å². The van der Waals surface area contributed by atoms with Gasteiger partial charge in [0.25, 0.3) is 0 Å². The molecule has 0 saturated heterocycles. The topological polar surface area (TPSA) is 78.9 Å². The van der Waals surface area contributed by atoms with Crippen molar-refractivity contribution < 1.29 is 28.6 Å². The lowest BCUT2D eigenvalue weighted by Gasteiger charge is -2.18. The Hall–Kier alpha value is -3.41. The van der Waals surface area contributed by atoms with Gasteiger partial charge >= 0.3 is 17.9 Å². The van der Waals surface area contributed by atoms with Crippen molar-refractivity contribution in [1.29, 1.82) is 0 Å². The van der Waals surface area contributed by atoms with Crippen LogP contribution in [0.2, 0.25) is 0 Å². The first-order chi connectivity index (χ1) is 32.0. The van der Waals surface area contributed by atoms with Gasteiger partial charge in [0.2, 0.25) is 0 Å². The van der Waals surface area contributed by atoms with Crippen LogP contribution in [0.5, 0.6) is 0 Å². The van der Waals surface area contributed by atoms with Crippen molar-refractivity contribution in [2.75, 3.05) is 13.2 Å². The highest BCUT2D eigenvalue weighted by atomic mass is 16.6. The molecule has 1 unspecified atom stereocenters. The molecule has 0 amide bonds. The van der Waals surface area contributed by atoms with E-state index in [2.05, 4.69) is 93.7 Å². The summed E-state index contributed by atoms with van der Waals surface area (Å²) in [6, 6.07) is 0. The second-order valence-corrected chi connectivity index (χ2v) is 17.8. The number of allylic oxidation sites excluding steroid dienone is 13. The van der Waals surface area contributed by atoms with E-state index < -0.39 is 12.1 Å². The van der Waals surface area contributed by atoms with Crippen molar-refractivity contribution in [2.45, 2.75) is 258 Å². The van der Waals surface area contributed by atoms with E-state index in [9.17, 15) is 14.4 Å². The largest absolute Gasteiger partial charge is 0.462 e. The van der Waals surface area contributed by atoms with Crippen molar-refractivity contribution in [1.82, 2.24) is 0 Å². The number of carbonyl (C=O) groups excluding carboxylic acids is 3. The molecule has 0 aromatic heterocycles. The monoisotopic (exact) mass is 905 g/mol. The highest BCUT2D eigenvalue weighted by Gasteiger charge is 2.19. The molecule has 6 heteroatoms. The van der Waals surface area contributed by atoms with Crippen LogP contribution >= 0.6 is 0 Å². The van der Waals surface area contributed by atoms with Crippen molar-refractivity contribution in [3.63, 3.8) is 0 Å². The molecule has 65 heavy (non-hydrogen) atoms. The predicted molar refractivity (Wildman–Crippen MR) is 279 cm³/mol. The molecule has 0 fully saturated rings. The van der Waals surface area contributed by atoms with Gasteiger partial charge < -0.3 is 14.2 Å². The number of esters is 3. The van der Waals surface area contributed by atoms with Crippen LogP contribution in [0.4, 0.5) is 0 Å². The average Bonchev–Trinajstić information content (AvgIpc) is 3.30. The molecule has 0 saturated carbocycles. The first kappa shape index (κ1) is 61.6. The van der Waals surface area contributed by atoms with Crippen LogP contribution < -0.4 is 0 Å². The summed E-state index contributed by atoms with van der Waals surface area (Å²) in [6.07, 6.45) is 69.1. The molecule has 0 aromatic carbocycles. The molecule has 0 N–H and O–H groups in total. The number of hydrogen-bond donors (Lipinski definition) is 0. The van der Waals surface area contributed by atoms with Crippen molar-refractivity contribution in [3.8, 4) is 0 Å². The minimum atomic E-state index is -0.827. The van der Waals surface area contributed by atoms with Gasteiger partial charge in [-0.25, -0.2) is 0 Å². The summed E-state index contributed by atoms with van der Waals surface area (Å²) in [5.74, 6) is -1.05. The summed E-state index contributed by atoms with van der Waals surface area (Å²) < 4.78 is 16.6. The maximum atomic E-state index is 12.7. The smallest absolute Gasteiger partial charge is 0.310 e. The van der Waals surface area contributed by atoms with E-state index in [4.69, 9.17) is 14.2 Å². The van der Waals surface area contributed by atoms with E-state index in [1.165, 1.54) is 135 Å². The SMILES string of the molecule is CC/C=C\C/C=C\C/C=C\C/C=C\C/C=C\CC(=O)OC(COC(=O)CCCCCCCCC)COC(=O)CCCCCCCCCCCCCCC/C=C\C/C=C\CCCCCCC. The standard InChI is InChI=1S/C59H100O6/c1-4-7-10-13-16-18-20-22-24-25-26-27-28-29-30-31-32-33-35-36-38-40-43-46-49-52-58(61)64-55-56(54-63-57(60)51-48-45-42-15-12-9-6-3)65-59(62)53-50-47-44-41-39-37-34-23-21-19-17-14-11-8-5-2/h8,11,17,19-20,22-23,25-26,34,39,41,47,50,56H,4-7,9-10,12-16,18,21,24,27-33,35-38,40,42-46,48-49,51-55H2,1-3H3/b11-8-,19-17-,22-20-,26-25-,34-23-,41-39-,50-47-. The van der Waals surface area contributed by atoms with Crippen LogP contribution in [0.15, 0.2) is 85.1 Å². The molecule has 6 nitrogen and oxygen atoms in total. The lowest BCUT2D eigenvalue weighted by atomic mass is 10.0. The van der Waals surface area contributed by atoms with E-state index in [1.54, 1.807) is 6.08 Å². The third-order valence-electron chi connectivity index (χ3n) is 11.4. The Bertz CT molecular complexity index is 1270. The summed E-state index contributed by atoms with van der Waals surface area (Å²) in [6.45, 7) is 6.39. The fourth-order valence-electron chi connectivity index (χ4n) is 7.37. The van der Waals surface area contributed by atoms with E-state index in [-0.39, 0.29) is 31.6 Å². The summed E-state index contributed by atoms with van der Waals surface area (Å²) in [5.41, 5.74) is 0. The lowest BCUT2D eigenvalue weighted by molar-refractivity contribution is -0.166. The van der Waals surface area contributed by atoms with Gasteiger partial charge in [0.1, 0.15) is 13.2 Å². The normalized spacial score (nSPS) is 12.7. The molecule has 0 radical (unpaired) electrons. The predicted octanol–water partition coefficient (Wildman–Crippen LogP) is 18.0. The van der Waals surface area contributed by atoms with Crippen LogP contribution in [0.1, 0.15) is 252 Å². The minimum absolute atomic E-state index is 0.0975. The van der Waals surface area contributed by atoms with Gasteiger partial charge in [0, 0.05) is 12.8 Å². The van der Waals surface area contributed by atoms with Crippen LogP contribution in [0.3, 0.4) is 0 Å². The Balaban J connectivity index is 4.23. The van der Waals surface area contributed by atoms with Crippen LogP contribution in [-0.4, -0.2) is 37.2 Å². The zero-order valence-electron chi connectivity index (χ0n) is 42.5. The second kappa shape index (κ2) is 53.2. The third-order valence-corrected chi connectivity index (χ3v) is 11.4. The van der Waals surface area contributed by atoms with Crippen LogP contribution in [-0.2, 0) is 28.6 Å². The number of unbranched alkanes of at least 4 members (excludes halogenated alkanes) is 24. The number of carbonyl (C=O) groups is 3. The third kappa shape index (κ3) is 51.4. The molecule has 0 spiro atoms. The number of hydrogen-bond acceptors (Lipinski definition) is 6. The van der Waals surface area contributed by atoms with E-state index in [1.807, 2.05) is 6.08 Å². The van der Waals surface area contributed by atoms with Gasteiger partial charge in [-0.3, -0.25) is 14.4 Å². The molecule has 0 heterocycles. The van der Waals surface area contributed by atoms with E-state index in [0.717, 1.165) is 77.0 Å². The summed E-state index contributed by atoms with van der Waals surface area (Å²) in [5, 5.41) is 0. The maximum Gasteiger partial charge on any atom is 0.310 e. The van der Waals surface area contributed by atoms with Gasteiger partial charge in [0.15, 0.2) is 6.10 Å². The average molecular weight is 905 g/mol. The molecule has 0 aromatic rings. The van der Waals surface area contributed by atoms with E-state index in [0.29, 0.717) is 12.8 Å². The Labute approximate surface area is 401 Å². The molecule has 0 aliphatic heterocycles. The number of rotatable bonds is 48. The highest BCUT2D eigenvalue weighted by Crippen LogP contribution is 2.15. The van der Waals surface area contributed by atoms with Crippen LogP contribution in [0, 0.1) is 0 Å². The van der Waals surface area contributed by atoms with Gasteiger partial charge in [-0.2, -0.15) is 0 Å². The molecule has 0 rings (SSSR count). The lowest BCUT2D eigenvalue weighted by Crippen LogP contribution is -2.30. The Morgan fingerprint density at radius 3 is 1.02 bits per heavy atom. The summed E-state index contributed by atoms with van der Waals surface area (Å²) >= 11 is 0. The van der Waals surface area contributed by atoms with Gasteiger partial charge in [-0.15, -0.1) is 0 Å². The van der Waals surface area contributed by atoms with E-state index >= 15 is 0 Å².